The molecular formula is C26H43NO. The van der Waals surface area contributed by atoms with Gasteiger partial charge in [-0.2, -0.15) is 0 Å². The highest BCUT2D eigenvalue weighted by molar-refractivity contribution is 5.37. The quantitative estimate of drug-likeness (QED) is 0.623. The Hall–Kier alpha value is -0.340. The maximum Gasteiger partial charge on any atom is 0.0494 e. The Kier molecular flexibility index (Phi) is 3.97. The predicted molar refractivity (Wildman–Crippen MR) is 116 cm³/mol. The van der Waals surface area contributed by atoms with Gasteiger partial charge in [-0.05, 0) is 97.3 Å². The van der Waals surface area contributed by atoms with Gasteiger partial charge in [0.05, 0.1) is 0 Å². The maximum atomic E-state index is 9.89. The summed E-state index contributed by atoms with van der Waals surface area (Å²) >= 11 is 0. The molecule has 4 saturated carbocycles. The average Bonchev–Trinajstić information content (AvgIpc) is 3.24. The smallest absolute Gasteiger partial charge is 0.0494 e. The molecule has 5 rings (SSSR count). The van der Waals surface area contributed by atoms with Crippen molar-refractivity contribution in [2.75, 3.05) is 13.7 Å². The van der Waals surface area contributed by atoms with Gasteiger partial charge < -0.3 is 10.4 Å². The second-order valence-electron chi connectivity index (χ2n) is 12.6. The van der Waals surface area contributed by atoms with Gasteiger partial charge in [-0.3, -0.25) is 0 Å². The van der Waals surface area contributed by atoms with E-state index in [4.69, 9.17) is 0 Å². The van der Waals surface area contributed by atoms with Gasteiger partial charge in [-0.25, -0.2) is 0 Å². The zero-order valence-corrected chi connectivity index (χ0v) is 19.2. The van der Waals surface area contributed by atoms with Crippen LogP contribution in [0.4, 0.5) is 0 Å². The van der Waals surface area contributed by atoms with Gasteiger partial charge in [0.1, 0.15) is 0 Å². The Morgan fingerprint density at radius 3 is 2.39 bits per heavy atom. The summed E-state index contributed by atoms with van der Waals surface area (Å²) in [5, 5.41) is 13.6. The lowest BCUT2D eigenvalue weighted by Gasteiger charge is -2.63. The van der Waals surface area contributed by atoms with Gasteiger partial charge in [-0.1, -0.05) is 46.3 Å². The van der Waals surface area contributed by atoms with E-state index >= 15 is 0 Å². The number of aliphatic hydroxyl groups excluding tert-OH is 1. The van der Waals surface area contributed by atoms with Crippen LogP contribution in [0.25, 0.3) is 0 Å². The highest BCUT2D eigenvalue weighted by Gasteiger charge is 2.81. The minimum absolute atomic E-state index is 0.304. The van der Waals surface area contributed by atoms with Crippen molar-refractivity contribution in [2.45, 2.75) is 92.0 Å². The molecule has 2 heteroatoms. The van der Waals surface area contributed by atoms with Crippen LogP contribution in [0.5, 0.6) is 0 Å². The predicted octanol–water partition coefficient (Wildman–Crippen LogP) is 5.56. The molecule has 28 heavy (non-hydrogen) atoms. The van der Waals surface area contributed by atoms with Gasteiger partial charge in [-0.15, -0.1) is 0 Å². The van der Waals surface area contributed by atoms with E-state index in [1.165, 1.54) is 51.4 Å². The molecule has 5 aliphatic carbocycles. The van der Waals surface area contributed by atoms with E-state index in [0.29, 0.717) is 45.6 Å². The standard InChI is InChI=1S/C26H43NO/c1-17(15-28)18-9-11-24(5)20-8-7-19-22(2,3)21(27-6)10-12-25(19)16-26(20,25)14-13-23(18,24)4/h9,17,19-21,27-28H,7-8,10-16H2,1-6H3/t17?,19-,20-,21-,23+,24-,25+,26-/m0/s1. The summed E-state index contributed by atoms with van der Waals surface area (Å²) in [7, 11) is 2.18. The van der Waals surface area contributed by atoms with Crippen LogP contribution in [0.3, 0.4) is 0 Å². The molecule has 2 spiro atoms. The minimum atomic E-state index is 0.304. The molecule has 2 N–H and O–H groups in total. The lowest BCUT2D eigenvalue weighted by molar-refractivity contribution is -0.129. The van der Waals surface area contributed by atoms with Gasteiger partial charge in [0.2, 0.25) is 0 Å². The van der Waals surface area contributed by atoms with Crippen LogP contribution in [0.2, 0.25) is 0 Å². The normalized spacial score (nSPS) is 54.7. The Morgan fingerprint density at radius 1 is 1.04 bits per heavy atom. The van der Waals surface area contributed by atoms with Crippen molar-refractivity contribution in [3.8, 4) is 0 Å². The molecule has 158 valence electrons. The van der Waals surface area contributed by atoms with Crippen molar-refractivity contribution >= 4 is 0 Å². The van der Waals surface area contributed by atoms with E-state index in [1.807, 2.05) is 0 Å². The van der Waals surface area contributed by atoms with Crippen molar-refractivity contribution in [3.63, 3.8) is 0 Å². The minimum Gasteiger partial charge on any atom is -0.396 e. The maximum absolute atomic E-state index is 9.89. The van der Waals surface area contributed by atoms with Gasteiger partial charge in [0.25, 0.3) is 0 Å². The van der Waals surface area contributed by atoms with E-state index < -0.39 is 0 Å². The molecule has 0 aromatic carbocycles. The number of hydrogen-bond acceptors (Lipinski definition) is 2. The number of aliphatic hydroxyl groups is 1. The van der Waals surface area contributed by atoms with Crippen LogP contribution in [0.1, 0.15) is 86.0 Å². The van der Waals surface area contributed by atoms with E-state index in [-0.39, 0.29) is 0 Å². The molecule has 1 unspecified atom stereocenters. The number of nitrogens with one attached hydrogen (secondary N) is 1. The van der Waals surface area contributed by atoms with E-state index in [1.54, 1.807) is 5.57 Å². The van der Waals surface area contributed by atoms with E-state index in [0.717, 1.165) is 11.8 Å². The highest BCUT2D eigenvalue weighted by atomic mass is 16.3. The van der Waals surface area contributed by atoms with E-state index in [2.05, 4.69) is 53.1 Å². The summed E-state index contributed by atoms with van der Waals surface area (Å²) in [6.45, 7) is 12.9. The lowest BCUT2D eigenvalue weighted by atomic mass is 9.41. The third-order valence-electron chi connectivity index (χ3n) is 11.9. The van der Waals surface area contributed by atoms with Crippen LogP contribution in [-0.2, 0) is 0 Å². The lowest BCUT2D eigenvalue weighted by Crippen LogP contribution is -2.59. The van der Waals surface area contributed by atoms with Crippen molar-refractivity contribution < 1.29 is 5.11 Å². The second kappa shape index (κ2) is 5.67. The Bertz CT molecular complexity index is 711. The highest BCUT2D eigenvalue weighted by Crippen LogP contribution is 2.88. The summed E-state index contributed by atoms with van der Waals surface area (Å²) in [4.78, 5) is 0. The molecule has 4 fully saturated rings. The van der Waals surface area contributed by atoms with Crippen LogP contribution in [-0.4, -0.2) is 24.8 Å². The van der Waals surface area contributed by atoms with E-state index in [9.17, 15) is 5.11 Å². The fourth-order valence-corrected chi connectivity index (χ4v) is 10.3. The van der Waals surface area contributed by atoms with Gasteiger partial charge in [0.15, 0.2) is 0 Å². The summed E-state index contributed by atoms with van der Waals surface area (Å²) in [6.07, 6.45) is 13.8. The fourth-order valence-electron chi connectivity index (χ4n) is 10.3. The molecule has 0 saturated heterocycles. The molecular weight excluding hydrogens is 342 g/mol. The van der Waals surface area contributed by atoms with Crippen LogP contribution < -0.4 is 5.32 Å². The van der Waals surface area contributed by atoms with Crippen LogP contribution in [0, 0.1) is 44.8 Å². The number of rotatable bonds is 3. The van der Waals surface area contributed by atoms with Gasteiger partial charge >= 0.3 is 0 Å². The molecule has 0 aliphatic heterocycles. The van der Waals surface area contributed by atoms with Crippen molar-refractivity contribution in [2.24, 2.45) is 44.8 Å². The zero-order chi connectivity index (χ0) is 20.2. The van der Waals surface area contributed by atoms with Crippen LogP contribution in [0.15, 0.2) is 11.6 Å². The Balaban J connectivity index is 1.51. The first-order valence-corrected chi connectivity index (χ1v) is 12.1. The third kappa shape index (κ3) is 1.94. The first-order chi connectivity index (χ1) is 13.1. The fraction of sp³-hybridized carbons (Fsp3) is 0.923. The Labute approximate surface area is 172 Å². The van der Waals surface area contributed by atoms with Gasteiger partial charge in [0, 0.05) is 18.6 Å². The molecule has 0 heterocycles. The largest absolute Gasteiger partial charge is 0.396 e. The number of hydrogen-bond donors (Lipinski definition) is 2. The summed E-state index contributed by atoms with van der Waals surface area (Å²) < 4.78 is 0. The average molecular weight is 386 g/mol. The Morgan fingerprint density at radius 2 is 1.71 bits per heavy atom. The first kappa shape index (κ1) is 19.6. The number of fused-ring (bicyclic) bond motifs is 2. The molecule has 8 atom stereocenters. The zero-order valence-electron chi connectivity index (χ0n) is 19.2. The topological polar surface area (TPSA) is 32.3 Å². The summed E-state index contributed by atoms with van der Waals surface area (Å²) in [6, 6.07) is 0.687. The first-order valence-electron chi connectivity index (χ1n) is 12.1. The molecule has 0 radical (unpaired) electrons. The monoisotopic (exact) mass is 385 g/mol. The third-order valence-corrected chi connectivity index (χ3v) is 11.9. The van der Waals surface area contributed by atoms with Crippen molar-refractivity contribution in [1.82, 2.24) is 5.32 Å². The second-order valence-corrected chi connectivity index (χ2v) is 12.6. The number of allylic oxidation sites excluding steroid dienone is 1. The molecule has 0 aromatic heterocycles. The molecule has 0 amide bonds. The van der Waals surface area contributed by atoms with Crippen molar-refractivity contribution in [1.29, 1.82) is 0 Å². The molecule has 0 aromatic rings. The summed E-state index contributed by atoms with van der Waals surface area (Å²) in [5.74, 6) is 2.12. The molecule has 2 nitrogen and oxygen atoms in total. The van der Waals surface area contributed by atoms with Crippen LogP contribution >= 0.6 is 0 Å². The molecule has 5 aliphatic rings. The summed E-state index contributed by atoms with van der Waals surface area (Å²) in [5.41, 5.74) is 3.99. The van der Waals surface area contributed by atoms with Crippen molar-refractivity contribution in [3.05, 3.63) is 11.6 Å². The SMILES string of the molecule is CN[C@H]1CC[C@]23C[C@]24CC[C@]2(C)C(C(C)CO)=CC[C@@]2(C)[C@@H]4CC[C@H]3C1(C)C. The molecule has 0 bridgehead atoms.